The van der Waals surface area contributed by atoms with Crippen LogP contribution in [0.2, 0.25) is 0 Å². The van der Waals surface area contributed by atoms with Crippen LogP contribution in [0.5, 0.6) is 0 Å². The minimum atomic E-state index is -0.177. The number of anilines is 1. The Morgan fingerprint density at radius 1 is 0.966 bits per heavy atom. The number of hydrogen-bond donors (Lipinski definition) is 3. The molecule has 1 aromatic heterocycles. The maximum atomic E-state index is 11.3. The maximum absolute atomic E-state index is 11.3. The Labute approximate surface area is 197 Å². The number of hydrogen-bond acceptors (Lipinski definition) is 5. The number of piperazine rings is 1. The number of hydrazine groups is 1. The molecule has 0 spiro atoms. The molecule has 0 saturated carbocycles. The first-order chi connectivity index (χ1) is 12.2. The van der Waals surface area contributed by atoms with E-state index in [0.29, 0.717) is 6.42 Å². The van der Waals surface area contributed by atoms with Gasteiger partial charge in [-0.25, -0.2) is 5.84 Å². The van der Waals surface area contributed by atoms with Crippen LogP contribution in [0.1, 0.15) is 16.7 Å². The first kappa shape index (κ1) is 29.9. The van der Waals surface area contributed by atoms with Crippen LogP contribution < -0.4 is 21.5 Å². The van der Waals surface area contributed by atoms with Gasteiger partial charge in [-0.3, -0.25) is 15.2 Å². The topological polar surface area (TPSA) is 83.3 Å². The highest BCUT2D eigenvalue weighted by atomic mass is 35.5. The standard InChI is InChI=1S/C19H25N5O.4ClH/c20-23-19(25)12-16-4-1-15(2-5-16)3-6-17-11-18(14-22-13-17)24-9-7-21-8-10-24;;;;/h1-2,4-5,11,13-14,21H,3,6-10,12,20H2,(H,23,25);4*1H. The molecule has 4 N–H and O–H groups in total. The third-order valence-corrected chi connectivity index (χ3v) is 4.51. The highest BCUT2D eigenvalue weighted by Crippen LogP contribution is 2.17. The summed E-state index contributed by atoms with van der Waals surface area (Å²) in [6.45, 7) is 4.11. The van der Waals surface area contributed by atoms with Gasteiger partial charge in [0, 0.05) is 32.4 Å². The fourth-order valence-corrected chi connectivity index (χ4v) is 3.06. The first-order valence-electron chi connectivity index (χ1n) is 8.71. The molecule has 1 aliphatic rings. The summed E-state index contributed by atoms with van der Waals surface area (Å²) in [6, 6.07) is 10.4. The summed E-state index contributed by atoms with van der Waals surface area (Å²) >= 11 is 0. The van der Waals surface area contributed by atoms with E-state index in [4.69, 9.17) is 5.84 Å². The maximum Gasteiger partial charge on any atom is 0.238 e. The van der Waals surface area contributed by atoms with Crippen LogP contribution in [0, 0.1) is 0 Å². The lowest BCUT2D eigenvalue weighted by atomic mass is 10.0. The Kier molecular flexibility index (Phi) is 16.0. The van der Waals surface area contributed by atoms with Crippen molar-refractivity contribution in [2.45, 2.75) is 19.3 Å². The van der Waals surface area contributed by atoms with Crippen molar-refractivity contribution < 1.29 is 4.79 Å². The lowest BCUT2D eigenvalue weighted by molar-refractivity contribution is -0.120. The zero-order valence-corrected chi connectivity index (χ0v) is 19.3. The number of nitrogens with one attached hydrogen (secondary N) is 2. The summed E-state index contributed by atoms with van der Waals surface area (Å²) in [6.07, 6.45) is 6.12. The summed E-state index contributed by atoms with van der Waals surface area (Å²) < 4.78 is 0. The zero-order chi connectivity index (χ0) is 17.5. The average Bonchev–Trinajstić information content (AvgIpc) is 2.68. The van der Waals surface area contributed by atoms with E-state index < -0.39 is 0 Å². The molecule has 1 aliphatic heterocycles. The Bertz CT molecular complexity index is 712. The Balaban J connectivity index is 0. The predicted molar refractivity (Wildman–Crippen MR) is 128 cm³/mol. The lowest BCUT2D eigenvalue weighted by Gasteiger charge is -2.29. The Morgan fingerprint density at radius 2 is 1.55 bits per heavy atom. The summed E-state index contributed by atoms with van der Waals surface area (Å²) in [7, 11) is 0. The molecule has 1 fully saturated rings. The Hall–Kier alpha value is -1.28. The summed E-state index contributed by atoms with van der Waals surface area (Å²) in [5.74, 6) is 4.94. The van der Waals surface area contributed by atoms with E-state index in [0.717, 1.165) is 44.6 Å². The van der Waals surface area contributed by atoms with E-state index in [1.54, 1.807) is 0 Å². The van der Waals surface area contributed by atoms with E-state index in [2.05, 4.69) is 38.8 Å². The molecule has 2 heterocycles. The van der Waals surface area contributed by atoms with Crippen molar-refractivity contribution in [3.8, 4) is 0 Å². The molecule has 0 radical (unpaired) electrons. The van der Waals surface area contributed by atoms with Gasteiger partial charge in [-0.1, -0.05) is 24.3 Å². The molecular formula is C19H29Cl4N5O. The van der Waals surface area contributed by atoms with Gasteiger partial charge in [0.1, 0.15) is 0 Å². The molecule has 164 valence electrons. The van der Waals surface area contributed by atoms with Crippen LogP contribution in [0.4, 0.5) is 5.69 Å². The quantitative estimate of drug-likeness (QED) is 0.333. The molecule has 1 saturated heterocycles. The van der Waals surface area contributed by atoms with Gasteiger partial charge in [-0.15, -0.1) is 49.6 Å². The van der Waals surface area contributed by atoms with Gasteiger partial charge in [-0.2, -0.15) is 0 Å². The van der Waals surface area contributed by atoms with Crippen molar-refractivity contribution in [1.82, 2.24) is 15.7 Å². The second-order valence-electron chi connectivity index (χ2n) is 6.35. The number of aryl methyl sites for hydroxylation is 2. The smallest absolute Gasteiger partial charge is 0.238 e. The van der Waals surface area contributed by atoms with E-state index >= 15 is 0 Å². The number of aromatic nitrogens is 1. The molecule has 0 bridgehead atoms. The predicted octanol–water partition coefficient (Wildman–Crippen LogP) is 2.50. The number of nitrogens with two attached hydrogens (primary N) is 1. The Morgan fingerprint density at radius 3 is 2.17 bits per heavy atom. The average molecular weight is 485 g/mol. The van der Waals surface area contributed by atoms with Crippen LogP contribution in [0.3, 0.4) is 0 Å². The van der Waals surface area contributed by atoms with Crippen LogP contribution >= 0.6 is 49.6 Å². The highest BCUT2D eigenvalue weighted by molar-refractivity contribution is 5.86. The molecule has 29 heavy (non-hydrogen) atoms. The molecule has 2 aromatic rings. The molecular weight excluding hydrogens is 456 g/mol. The number of benzene rings is 1. The number of pyridine rings is 1. The van der Waals surface area contributed by atoms with Crippen molar-refractivity contribution in [3.05, 3.63) is 59.4 Å². The van der Waals surface area contributed by atoms with Crippen molar-refractivity contribution in [2.75, 3.05) is 31.1 Å². The minimum absolute atomic E-state index is 0. The number of carbonyl (C=O) groups is 1. The molecule has 10 heteroatoms. The fourth-order valence-electron chi connectivity index (χ4n) is 3.06. The van der Waals surface area contributed by atoms with Crippen molar-refractivity contribution in [2.24, 2.45) is 5.84 Å². The molecule has 1 aromatic carbocycles. The number of rotatable bonds is 6. The van der Waals surface area contributed by atoms with Gasteiger partial charge < -0.3 is 10.2 Å². The van der Waals surface area contributed by atoms with Crippen LogP contribution in [0.25, 0.3) is 0 Å². The second kappa shape index (κ2) is 15.5. The summed E-state index contributed by atoms with van der Waals surface area (Å²) in [4.78, 5) is 18.1. The monoisotopic (exact) mass is 483 g/mol. The second-order valence-corrected chi connectivity index (χ2v) is 6.35. The molecule has 0 aliphatic carbocycles. The normalized spacial score (nSPS) is 12.4. The third kappa shape index (κ3) is 9.38. The molecule has 3 rings (SSSR count). The van der Waals surface area contributed by atoms with Gasteiger partial charge in [-0.05, 0) is 35.6 Å². The van der Waals surface area contributed by atoms with Gasteiger partial charge in [0.2, 0.25) is 5.91 Å². The van der Waals surface area contributed by atoms with Crippen LogP contribution in [-0.4, -0.2) is 37.1 Å². The van der Waals surface area contributed by atoms with Gasteiger partial charge >= 0.3 is 0 Å². The largest absolute Gasteiger partial charge is 0.368 e. The molecule has 6 nitrogen and oxygen atoms in total. The van der Waals surface area contributed by atoms with E-state index in [-0.39, 0.29) is 55.5 Å². The SMILES string of the molecule is Cl.Cl.Cl.Cl.NNC(=O)Cc1ccc(CCc2cncc(N3CCNCC3)c2)cc1. The van der Waals surface area contributed by atoms with E-state index in [9.17, 15) is 4.79 Å². The molecule has 1 amide bonds. The number of amides is 1. The third-order valence-electron chi connectivity index (χ3n) is 4.51. The van der Waals surface area contributed by atoms with Crippen LogP contribution in [-0.2, 0) is 24.1 Å². The number of carbonyl (C=O) groups excluding carboxylic acids is 1. The lowest BCUT2D eigenvalue weighted by Crippen LogP contribution is -2.43. The minimum Gasteiger partial charge on any atom is -0.368 e. The van der Waals surface area contributed by atoms with Gasteiger partial charge in [0.15, 0.2) is 0 Å². The van der Waals surface area contributed by atoms with E-state index in [1.807, 2.05) is 24.5 Å². The van der Waals surface area contributed by atoms with E-state index in [1.165, 1.54) is 16.8 Å². The summed E-state index contributed by atoms with van der Waals surface area (Å²) in [5, 5.41) is 3.37. The van der Waals surface area contributed by atoms with Crippen molar-refractivity contribution in [3.63, 3.8) is 0 Å². The fraction of sp³-hybridized carbons (Fsp3) is 0.368. The summed E-state index contributed by atoms with van der Waals surface area (Å²) in [5.41, 5.74) is 6.84. The highest BCUT2D eigenvalue weighted by Gasteiger charge is 2.11. The molecule has 0 atom stereocenters. The first-order valence-corrected chi connectivity index (χ1v) is 8.71. The van der Waals surface area contributed by atoms with Crippen molar-refractivity contribution >= 4 is 61.2 Å². The van der Waals surface area contributed by atoms with Crippen LogP contribution in [0.15, 0.2) is 42.7 Å². The van der Waals surface area contributed by atoms with Gasteiger partial charge in [0.25, 0.3) is 0 Å². The molecule has 0 unspecified atom stereocenters. The zero-order valence-electron chi connectivity index (χ0n) is 16.0. The van der Waals surface area contributed by atoms with Gasteiger partial charge in [0.05, 0.1) is 18.3 Å². The number of halogens is 4. The number of nitrogens with zero attached hydrogens (tertiary/aromatic N) is 2. The van der Waals surface area contributed by atoms with Crippen molar-refractivity contribution in [1.29, 1.82) is 0 Å².